The van der Waals surface area contributed by atoms with Crippen LogP contribution in [0.15, 0.2) is 60.8 Å². The van der Waals surface area contributed by atoms with Gasteiger partial charge >= 0.3 is 6.03 Å². The lowest BCUT2D eigenvalue weighted by molar-refractivity contribution is 0.245. The van der Waals surface area contributed by atoms with E-state index in [-0.39, 0.29) is 18.5 Å². The van der Waals surface area contributed by atoms with Crippen LogP contribution in [0.5, 0.6) is 5.75 Å². The van der Waals surface area contributed by atoms with Gasteiger partial charge in [0.1, 0.15) is 24.0 Å². The summed E-state index contributed by atoms with van der Waals surface area (Å²) in [5, 5.41) is 0. The molecular weight excluding hydrogens is 321 g/mol. The van der Waals surface area contributed by atoms with E-state index < -0.39 is 0 Å². The summed E-state index contributed by atoms with van der Waals surface area (Å²) in [4.78, 5) is 18.7. The molecule has 0 fully saturated rings. The summed E-state index contributed by atoms with van der Waals surface area (Å²) in [6, 6.07) is 15.3. The number of nitrogens with zero attached hydrogens (tertiary/aromatic N) is 3. The Morgan fingerprint density at radius 2 is 1.96 bits per heavy atom. The second kappa shape index (κ2) is 6.39. The van der Waals surface area contributed by atoms with Gasteiger partial charge in [-0.2, -0.15) is 0 Å². The van der Waals surface area contributed by atoms with Crippen LogP contribution >= 0.6 is 0 Å². The van der Waals surface area contributed by atoms with Crippen molar-refractivity contribution in [2.45, 2.75) is 13.0 Å². The van der Waals surface area contributed by atoms with Gasteiger partial charge < -0.3 is 4.74 Å². The van der Waals surface area contributed by atoms with E-state index in [9.17, 15) is 9.18 Å². The molecule has 0 radical (unpaired) electrons. The van der Waals surface area contributed by atoms with Gasteiger partial charge in [0.15, 0.2) is 0 Å². The highest BCUT2D eigenvalue weighted by Crippen LogP contribution is 2.22. The van der Waals surface area contributed by atoms with Crippen molar-refractivity contribution in [3.05, 3.63) is 78.1 Å². The van der Waals surface area contributed by atoms with Crippen LogP contribution in [0.2, 0.25) is 0 Å². The quantitative estimate of drug-likeness (QED) is 0.730. The van der Waals surface area contributed by atoms with Gasteiger partial charge in [-0.3, -0.25) is 9.47 Å². The van der Waals surface area contributed by atoms with Crippen molar-refractivity contribution in [2.24, 2.45) is 0 Å². The number of anilines is 1. The molecule has 0 spiro atoms. The summed E-state index contributed by atoms with van der Waals surface area (Å²) >= 11 is 0. The minimum atomic E-state index is -0.362. The van der Waals surface area contributed by atoms with Crippen molar-refractivity contribution in [3.63, 3.8) is 0 Å². The fourth-order valence-electron chi connectivity index (χ4n) is 2.88. The molecule has 0 bridgehead atoms. The zero-order valence-electron chi connectivity index (χ0n) is 13.4. The highest BCUT2D eigenvalue weighted by atomic mass is 19.1. The van der Waals surface area contributed by atoms with Crippen molar-refractivity contribution >= 4 is 11.7 Å². The van der Waals surface area contributed by atoms with Gasteiger partial charge in [-0.1, -0.05) is 24.3 Å². The zero-order valence-corrected chi connectivity index (χ0v) is 13.4. The van der Waals surface area contributed by atoms with Crippen molar-refractivity contribution < 1.29 is 13.9 Å². The summed E-state index contributed by atoms with van der Waals surface area (Å²) < 4.78 is 20.6. The maximum atomic E-state index is 13.4. The Morgan fingerprint density at radius 1 is 1.12 bits per heavy atom. The molecule has 0 aliphatic carbocycles. The number of carbonyl (C=O) groups excluding carboxylic acids is 1. The minimum absolute atomic E-state index is 0.231. The van der Waals surface area contributed by atoms with E-state index in [1.807, 2.05) is 30.3 Å². The van der Waals surface area contributed by atoms with E-state index in [0.29, 0.717) is 30.2 Å². The van der Waals surface area contributed by atoms with E-state index in [1.165, 1.54) is 16.7 Å². The van der Waals surface area contributed by atoms with Crippen molar-refractivity contribution in [1.29, 1.82) is 0 Å². The molecular formula is C19H16FN3O2. The van der Waals surface area contributed by atoms with Crippen molar-refractivity contribution in [3.8, 4) is 5.75 Å². The second-order valence-electron chi connectivity index (χ2n) is 5.78. The third kappa shape index (κ3) is 3.10. The Labute approximate surface area is 144 Å². The van der Waals surface area contributed by atoms with Gasteiger partial charge in [-0.15, -0.1) is 0 Å². The second-order valence-corrected chi connectivity index (χ2v) is 5.78. The number of halogens is 1. The van der Waals surface area contributed by atoms with Gasteiger partial charge in [-0.25, -0.2) is 14.2 Å². The first-order valence-electron chi connectivity index (χ1n) is 8.03. The Bertz CT molecular complexity index is 908. The van der Waals surface area contributed by atoms with E-state index in [1.54, 1.807) is 23.2 Å². The Morgan fingerprint density at radius 3 is 2.76 bits per heavy atom. The highest BCUT2D eigenvalue weighted by Gasteiger charge is 2.27. The summed E-state index contributed by atoms with van der Waals surface area (Å²) in [5.41, 5.74) is 1.24. The molecule has 5 nitrogen and oxygen atoms in total. The maximum Gasteiger partial charge on any atom is 0.334 e. The third-order valence-electron chi connectivity index (χ3n) is 4.07. The van der Waals surface area contributed by atoms with Crippen molar-refractivity contribution in [1.82, 2.24) is 9.55 Å². The van der Waals surface area contributed by atoms with E-state index in [0.717, 1.165) is 5.75 Å². The molecule has 126 valence electrons. The fourth-order valence-corrected chi connectivity index (χ4v) is 2.88. The summed E-state index contributed by atoms with van der Waals surface area (Å²) in [6.07, 6.45) is 2.29. The summed E-state index contributed by atoms with van der Waals surface area (Å²) in [7, 11) is 0. The van der Waals surface area contributed by atoms with E-state index in [4.69, 9.17) is 4.74 Å². The molecule has 0 unspecified atom stereocenters. The van der Waals surface area contributed by atoms with Crippen LogP contribution in [0, 0.1) is 5.82 Å². The number of hydrogen-bond donors (Lipinski definition) is 0. The Balaban J connectivity index is 1.53. The van der Waals surface area contributed by atoms with Crippen LogP contribution in [0.1, 0.15) is 11.5 Å². The molecule has 4 rings (SSSR count). The number of fused-ring (bicyclic) bond motifs is 1. The number of benzene rings is 2. The predicted molar refractivity (Wildman–Crippen MR) is 91.2 cm³/mol. The number of hydrogen-bond acceptors (Lipinski definition) is 3. The largest absolute Gasteiger partial charge is 0.487 e. The molecule has 0 atom stereocenters. The Hall–Kier alpha value is -3.15. The number of rotatable bonds is 4. The molecule has 1 aromatic heterocycles. The van der Waals surface area contributed by atoms with Crippen LogP contribution in [-0.4, -0.2) is 22.1 Å². The normalized spacial score (nSPS) is 13.6. The van der Waals surface area contributed by atoms with Crippen LogP contribution in [0.4, 0.5) is 14.9 Å². The number of amides is 1. The first-order chi connectivity index (χ1) is 12.2. The van der Waals surface area contributed by atoms with E-state index >= 15 is 0 Å². The van der Waals surface area contributed by atoms with Gasteiger partial charge in [-0.05, 0) is 30.3 Å². The molecule has 2 aromatic carbocycles. The SMILES string of the molecule is O=C1N(c2cccc(F)c2)CCc2nc(COc3ccccc3)cn21. The van der Waals surface area contributed by atoms with Gasteiger partial charge in [0.2, 0.25) is 0 Å². The molecule has 25 heavy (non-hydrogen) atoms. The van der Waals surface area contributed by atoms with Crippen LogP contribution < -0.4 is 9.64 Å². The van der Waals surface area contributed by atoms with Gasteiger partial charge in [0.05, 0.1) is 5.69 Å². The molecule has 1 amide bonds. The third-order valence-corrected chi connectivity index (χ3v) is 4.07. The smallest absolute Gasteiger partial charge is 0.334 e. The van der Waals surface area contributed by atoms with Crippen molar-refractivity contribution in [2.75, 3.05) is 11.4 Å². The van der Waals surface area contributed by atoms with Gasteiger partial charge in [0, 0.05) is 24.8 Å². The first kappa shape index (κ1) is 15.4. The predicted octanol–water partition coefficient (Wildman–Crippen LogP) is 3.63. The molecule has 0 N–H and O–H groups in total. The number of carbonyl (C=O) groups is 1. The summed E-state index contributed by atoms with van der Waals surface area (Å²) in [5.74, 6) is 1.09. The fraction of sp³-hybridized carbons (Fsp3) is 0.158. The lowest BCUT2D eigenvalue weighted by Gasteiger charge is -2.27. The van der Waals surface area contributed by atoms with Crippen LogP contribution in [-0.2, 0) is 13.0 Å². The number of para-hydroxylation sites is 1. The van der Waals surface area contributed by atoms with Gasteiger partial charge in [0.25, 0.3) is 0 Å². The summed E-state index contributed by atoms with van der Waals surface area (Å²) in [6.45, 7) is 0.759. The average molecular weight is 337 g/mol. The standard InChI is InChI=1S/C19H16FN3O2/c20-14-5-4-6-16(11-14)22-10-9-18-21-15(12-23(18)19(22)24)13-25-17-7-2-1-3-8-17/h1-8,11-12H,9-10,13H2. The molecule has 2 heterocycles. The van der Waals surface area contributed by atoms with Crippen LogP contribution in [0.3, 0.4) is 0 Å². The van der Waals surface area contributed by atoms with E-state index in [2.05, 4.69) is 4.98 Å². The molecule has 1 aliphatic heterocycles. The zero-order chi connectivity index (χ0) is 17.2. The molecule has 0 saturated carbocycles. The number of imidazole rings is 1. The lowest BCUT2D eigenvalue weighted by atomic mass is 10.2. The topological polar surface area (TPSA) is 47.4 Å². The maximum absolute atomic E-state index is 13.4. The molecule has 3 aromatic rings. The minimum Gasteiger partial charge on any atom is -0.487 e. The monoisotopic (exact) mass is 337 g/mol. The molecule has 6 heteroatoms. The van der Waals surface area contributed by atoms with Crippen LogP contribution in [0.25, 0.3) is 0 Å². The number of aromatic nitrogens is 2. The average Bonchev–Trinajstić information content (AvgIpc) is 3.05. The number of ether oxygens (including phenoxy) is 1. The molecule has 1 aliphatic rings. The Kier molecular flexibility index (Phi) is 3.93. The first-order valence-corrected chi connectivity index (χ1v) is 8.03. The lowest BCUT2D eigenvalue weighted by Crippen LogP contribution is -2.41. The molecule has 0 saturated heterocycles. The highest BCUT2D eigenvalue weighted by molar-refractivity contribution is 5.94.